The molecule has 0 aliphatic heterocycles. The molecule has 1 unspecified atom stereocenters. The van der Waals surface area contributed by atoms with Crippen LogP contribution in [0.5, 0.6) is 0 Å². The van der Waals surface area contributed by atoms with E-state index in [4.69, 9.17) is 10.3 Å². The summed E-state index contributed by atoms with van der Waals surface area (Å²) in [7, 11) is 0. The SMILES string of the molecule is CC(N)c1noc(CC23CC4CC(CC(C4)C2)C3)n1. The van der Waals surface area contributed by atoms with Gasteiger partial charge in [-0.05, 0) is 68.6 Å². The Hall–Kier alpha value is -0.900. The number of rotatable bonds is 3. The molecule has 4 aliphatic carbocycles. The van der Waals surface area contributed by atoms with Gasteiger partial charge in [-0.25, -0.2) is 0 Å². The van der Waals surface area contributed by atoms with Crippen molar-refractivity contribution in [1.29, 1.82) is 0 Å². The molecule has 0 radical (unpaired) electrons. The molecule has 4 nitrogen and oxygen atoms in total. The van der Waals surface area contributed by atoms with Gasteiger partial charge in [0.15, 0.2) is 5.82 Å². The van der Waals surface area contributed by atoms with Crippen molar-refractivity contribution in [2.45, 2.75) is 57.9 Å². The monoisotopic (exact) mass is 261 g/mol. The molecule has 4 fully saturated rings. The van der Waals surface area contributed by atoms with Gasteiger partial charge < -0.3 is 10.3 Å². The molecule has 4 bridgehead atoms. The molecular weight excluding hydrogens is 238 g/mol. The van der Waals surface area contributed by atoms with Crippen molar-refractivity contribution in [3.05, 3.63) is 11.7 Å². The van der Waals surface area contributed by atoms with E-state index in [1.807, 2.05) is 6.92 Å². The third kappa shape index (κ3) is 2.00. The highest BCUT2D eigenvalue weighted by atomic mass is 16.5. The quantitative estimate of drug-likeness (QED) is 0.908. The van der Waals surface area contributed by atoms with Crippen LogP contribution < -0.4 is 5.73 Å². The Balaban J connectivity index is 1.55. The zero-order chi connectivity index (χ0) is 13.0. The van der Waals surface area contributed by atoms with Crippen LogP contribution in [-0.4, -0.2) is 10.1 Å². The van der Waals surface area contributed by atoms with Crippen LogP contribution in [0.3, 0.4) is 0 Å². The fraction of sp³-hybridized carbons (Fsp3) is 0.867. The van der Waals surface area contributed by atoms with Crippen LogP contribution in [0.4, 0.5) is 0 Å². The van der Waals surface area contributed by atoms with Crippen LogP contribution in [0, 0.1) is 23.2 Å². The number of nitrogens with zero attached hydrogens (tertiary/aromatic N) is 2. The molecule has 1 atom stereocenters. The second kappa shape index (κ2) is 4.05. The van der Waals surface area contributed by atoms with Gasteiger partial charge in [-0.3, -0.25) is 0 Å². The summed E-state index contributed by atoms with van der Waals surface area (Å²) in [6, 6.07) is -0.131. The molecule has 4 heteroatoms. The molecule has 1 aromatic rings. The number of aromatic nitrogens is 2. The van der Waals surface area contributed by atoms with E-state index in [1.54, 1.807) is 0 Å². The first-order chi connectivity index (χ1) is 9.12. The summed E-state index contributed by atoms with van der Waals surface area (Å²) < 4.78 is 5.42. The topological polar surface area (TPSA) is 64.9 Å². The molecule has 4 aliphatic rings. The molecule has 0 spiro atoms. The third-order valence-electron chi connectivity index (χ3n) is 5.58. The van der Waals surface area contributed by atoms with Crippen molar-refractivity contribution in [2.75, 3.05) is 0 Å². The average Bonchev–Trinajstić information content (AvgIpc) is 2.74. The summed E-state index contributed by atoms with van der Waals surface area (Å²) in [6.07, 6.45) is 9.57. The van der Waals surface area contributed by atoms with Gasteiger partial charge in [0.25, 0.3) is 0 Å². The molecule has 4 saturated carbocycles. The van der Waals surface area contributed by atoms with E-state index in [1.165, 1.54) is 38.5 Å². The van der Waals surface area contributed by atoms with Crippen LogP contribution in [0.25, 0.3) is 0 Å². The molecule has 104 valence electrons. The van der Waals surface area contributed by atoms with E-state index in [2.05, 4.69) is 10.1 Å². The minimum Gasteiger partial charge on any atom is -0.339 e. The molecule has 5 rings (SSSR count). The van der Waals surface area contributed by atoms with Crippen LogP contribution in [-0.2, 0) is 6.42 Å². The van der Waals surface area contributed by atoms with Crippen LogP contribution in [0.1, 0.15) is 63.2 Å². The lowest BCUT2D eigenvalue weighted by atomic mass is 9.49. The molecule has 1 heterocycles. The second-order valence-corrected chi connectivity index (χ2v) is 7.43. The lowest BCUT2D eigenvalue weighted by Crippen LogP contribution is -2.47. The smallest absolute Gasteiger partial charge is 0.227 e. The maximum absolute atomic E-state index is 5.80. The van der Waals surface area contributed by atoms with Crippen LogP contribution >= 0.6 is 0 Å². The molecule has 19 heavy (non-hydrogen) atoms. The predicted octanol–water partition coefficient (Wildman–Crippen LogP) is 2.85. The van der Waals surface area contributed by atoms with Gasteiger partial charge in [-0.15, -0.1) is 0 Å². The molecule has 1 aromatic heterocycles. The minimum absolute atomic E-state index is 0.131. The first kappa shape index (κ1) is 11.9. The maximum atomic E-state index is 5.80. The fourth-order valence-corrected chi connectivity index (χ4v) is 5.35. The summed E-state index contributed by atoms with van der Waals surface area (Å²) >= 11 is 0. The molecule has 2 N–H and O–H groups in total. The van der Waals surface area contributed by atoms with Gasteiger partial charge in [0.2, 0.25) is 5.89 Å². The van der Waals surface area contributed by atoms with E-state index >= 15 is 0 Å². The average molecular weight is 261 g/mol. The Kier molecular flexibility index (Phi) is 2.53. The van der Waals surface area contributed by atoms with Crippen molar-refractivity contribution in [1.82, 2.24) is 10.1 Å². The van der Waals surface area contributed by atoms with Gasteiger partial charge in [-0.2, -0.15) is 4.98 Å². The minimum atomic E-state index is -0.131. The number of hydrogen-bond acceptors (Lipinski definition) is 4. The van der Waals surface area contributed by atoms with Crippen molar-refractivity contribution in [2.24, 2.45) is 28.9 Å². The lowest BCUT2D eigenvalue weighted by molar-refractivity contribution is -0.0556. The summed E-state index contributed by atoms with van der Waals surface area (Å²) in [5.41, 5.74) is 6.27. The van der Waals surface area contributed by atoms with E-state index in [0.29, 0.717) is 11.2 Å². The predicted molar refractivity (Wildman–Crippen MR) is 71.2 cm³/mol. The third-order valence-corrected chi connectivity index (χ3v) is 5.58. The van der Waals surface area contributed by atoms with Crippen molar-refractivity contribution >= 4 is 0 Å². The first-order valence-electron chi connectivity index (χ1n) is 7.70. The zero-order valence-electron chi connectivity index (χ0n) is 11.6. The largest absolute Gasteiger partial charge is 0.339 e. The second-order valence-electron chi connectivity index (χ2n) is 7.43. The Bertz CT molecular complexity index is 444. The van der Waals surface area contributed by atoms with Gasteiger partial charge in [0.1, 0.15) is 0 Å². The standard InChI is InChI=1S/C15H23N3O/c1-9(16)14-17-13(19-18-14)8-15-5-10-2-11(6-15)4-12(3-10)7-15/h9-12H,2-8,16H2,1H3. The Morgan fingerprint density at radius 1 is 1.21 bits per heavy atom. The van der Waals surface area contributed by atoms with Crippen LogP contribution in [0.15, 0.2) is 4.52 Å². The van der Waals surface area contributed by atoms with Crippen LogP contribution in [0.2, 0.25) is 0 Å². The van der Waals surface area contributed by atoms with E-state index in [9.17, 15) is 0 Å². The normalized spacial score (nSPS) is 41.7. The molecular formula is C15H23N3O. The van der Waals surface area contributed by atoms with E-state index in [0.717, 1.165) is 30.1 Å². The summed E-state index contributed by atoms with van der Waals surface area (Å²) in [4.78, 5) is 4.48. The summed E-state index contributed by atoms with van der Waals surface area (Å²) in [5, 5.41) is 4.00. The number of hydrogen-bond donors (Lipinski definition) is 1. The van der Waals surface area contributed by atoms with Crippen molar-refractivity contribution in [3.8, 4) is 0 Å². The molecule has 0 amide bonds. The van der Waals surface area contributed by atoms with Gasteiger partial charge in [0, 0.05) is 6.42 Å². The van der Waals surface area contributed by atoms with E-state index in [-0.39, 0.29) is 6.04 Å². The lowest BCUT2D eigenvalue weighted by Gasteiger charge is -2.56. The zero-order valence-corrected chi connectivity index (χ0v) is 11.6. The van der Waals surface area contributed by atoms with E-state index < -0.39 is 0 Å². The highest BCUT2D eigenvalue weighted by Gasteiger charge is 2.51. The highest BCUT2D eigenvalue weighted by molar-refractivity contribution is 5.05. The van der Waals surface area contributed by atoms with Gasteiger partial charge in [-0.1, -0.05) is 5.16 Å². The Morgan fingerprint density at radius 2 is 1.79 bits per heavy atom. The summed E-state index contributed by atoms with van der Waals surface area (Å²) in [6.45, 7) is 1.90. The maximum Gasteiger partial charge on any atom is 0.227 e. The molecule has 0 saturated heterocycles. The highest BCUT2D eigenvalue weighted by Crippen LogP contribution is 2.60. The van der Waals surface area contributed by atoms with Gasteiger partial charge >= 0.3 is 0 Å². The summed E-state index contributed by atoms with van der Waals surface area (Å²) in [5.74, 6) is 4.39. The Labute approximate surface area is 114 Å². The van der Waals surface area contributed by atoms with Gasteiger partial charge in [0.05, 0.1) is 6.04 Å². The molecule has 0 aromatic carbocycles. The number of nitrogens with two attached hydrogens (primary N) is 1. The fourth-order valence-electron chi connectivity index (χ4n) is 5.35. The first-order valence-corrected chi connectivity index (χ1v) is 7.70. The van der Waals surface area contributed by atoms with Crippen molar-refractivity contribution < 1.29 is 4.52 Å². The van der Waals surface area contributed by atoms with Crippen molar-refractivity contribution in [3.63, 3.8) is 0 Å². The Morgan fingerprint density at radius 3 is 2.26 bits per heavy atom.